The van der Waals surface area contributed by atoms with Gasteiger partial charge in [0.1, 0.15) is 17.9 Å². The van der Waals surface area contributed by atoms with Crippen LogP contribution < -0.4 is 10.5 Å². The van der Waals surface area contributed by atoms with Gasteiger partial charge in [-0.05, 0) is 29.7 Å². The van der Waals surface area contributed by atoms with Crippen molar-refractivity contribution in [2.45, 2.75) is 12.8 Å². The lowest BCUT2D eigenvalue weighted by Crippen LogP contribution is -2.29. The summed E-state index contributed by atoms with van der Waals surface area (Å²) in [4.78, 5) is 13.5. The van der Waals surface area contributed by atoms with Crippen LogP contribution in [0.3, 0.4) is 0 Å². The number of nitrogen functional groups attached to an aromatic ring is 1. The molecule has 1 fully saturated rings. The van der Waals surface area contributed by atoms with E-state index in [1.54, 1.807) is 0 Å². The van der Waals surface area contributed by atoms with Gasteiger partial charge >= 0.3 is 0 Å². The third kappa shape index (κ3) is 2.91. The van der Waals surface area contributed by atoms with Crippen molar-refractivity contribution in [1.29, 1.82) is 0 Å². The molecule has 0 bridgehead atoms. The number of ether oxygens (including phenoxy) is 1. The number of likely N-dealkylation sites (tertiary alicyclic amines) is 1. The van der Waals surface area contributed by atoms with Gasteiger partial charge in [-0.3, -0.25) is 9.89 Å². The highest BCUT2D eigenvalue weighted by atomic mass is 16.5. The number of hydrogen-bond donors (Lipinski definition) is 2. The second-order valence-electron chi connectivity index (χ2n) is 6.17. The Bertz CT molecular complexity index is 904. The molecule has 0 saturated carbocycles. The monoisotopic (exact) mass is 336 g/mol. The first kappa shape index (κ1) is 15.5. The predicted octanol–water partition coefficient (Wildman–Crippen LogP) is 2.81. The van der Waals surface area contributed by atoms with Gasteiger partial charge in [-0.25, -0.2) is 0 Å². The number of hydrogen-bond acceptors (Lipinski definition) is 4. The standard InChI is InChI=1S/C19H20N4O2/c20-19-17-14(13-5-2-1-3-6-13)8-9-15(18(17)21-22-19)25-12-11-23-10-4-7-16(23)24/h1-3,5-6,8-9H,4,7,10-12H2,(H3,20,21,22). The number of nitrogens with one attached hydrogen (secondary N) is 1. The van der Waals surface area contributed by atoms with E-state index in [4.69, 9.17) is 10.5 Å². The number of benzene rings is 2. The lowest BCUT2D eigenvalue weighted by molar-refractivity contribution is -0.128. The van der Waals surface area contributed by atoms with E-state index in [0.29, 0.717) is 31.1 Å². The van der Waals surface area contributed by atoms with Crippen LogP contribution in [0.5, 0.6) is 5.75 Å². The number of aromatic amines is 1. The fourth-order valence-electron chi connectivity index (χ4n) is 3.32. The minimum absolute atomic E-state index is 0.207. The maximum atomic E-state index is 11.7. The van der Waals surface area contributed by atoms with Crippen molar-refractivity contribution in [3.8, 4) is 16.9 Å². The number of carbonyl (C=O) groups is 1. The molecular formula is C19H20N4O2. The Morgan fingerprint density at radius 3 is 2.80 bits per heavy atom. The molecule has 1 amide bonds. The molecule has 2 heterocycles. The molecule has 0 aliphatic carbocycles. The molecule has 0 spiro atoms. The Hall–Kier alpha value is -3.02. The van der Waals surface area contributed by atoms with Gasteiger partial charge in [0.2, 0.25) is 5.91 Å². The van der Waals surface area contributed by atoms with Crippen LogP contribution in [0, 0.1) is 0 Å². The highest BCUT2D eigenvalue weighted by Gasteiger charge is 2.20. The number of nitrogens with zero attached hydrogens (tertiary/aromatic N) is 2. The molecule has 0 atom stereocenters. The fourth-order valence-corrected chi connectivity index (χ4v) is 3.32. The summed E-state index contributed by atoms with van der Waals surface area (Å²) in [5.74, 6) is 1.36. The van der Waals surface area contributed by atoms with Crippen LogP contribution in [0.4, 0.5) is 5.82 Å². The van der Waals surface area contributed by atoms with Crippen molar-refractivity contribution >= 4 is 22.6 Å². The van der Waals surface area contributed by atoms with Crippen molar-refractivity contribution in [1.82, 2.24) is 15.1 Å². The molecule has 3 aromatic rings. The average molecular weight is 336 g/mol. The van der Waals surface area contributed by atoms with E-state index in [-0.39, 0.29) is 5.91 Å². The molecule has 0 unspecified atom stereocenters. The van der Waals surface area contributed by atoms with Crippen LogP contribution in [0.1, 0.15) is 12.8 Å². The molecule has 128 valence electrons. The smallest absolute Gasteiger partial charge is 0.222 e. The van der Waals surface area contributed by atoms with Crippen LogP contribution in [-0.4, -0.2) is 40.7 Å². The van der Waals surface area contributed by atoms with Gasteiger partial charge in [0.15, 0.2) is 5.82 Å². The van der Waals surface area contributed by atoms with E-state index in [2.05, 4.69) is 10.2 Å². The second-order valence-corrected chi connectivity index (χ2v) is 6.17. The molecule has 1 aliphatic heterocycles. The molecule has 2 aromatic carbocycles. The number of rotatable bonds is 5. The Labute approximate surface area is 145 Å². The lowest BCUT2D eigenvalue weighted by Gasteiger charge is -2.16. The minimum Gasteiger partial charge on any atom is -0.489 e. The van der Waals surface area contributed by atoms with Crippen molar-refractivity contribution in [3.63, 3.8) is 0 Å². The molecule has 1 aliphatic rings. The summed E-state index contributed by atoms with van der Waals surface area (Å²) >= 11 is 0. The maximum Gasteiger partial charge on any atom is 0.222 e. The Kier molecular flexibility index (Phi) is 4.01. The number of carbonyl (C=O) groups excluding carboxylic acids is 1. The van der Waals surface area contributed by atoms with Crippen molar-refractivity contribution in [2.24, 2.45) is 0 Å². The number of anilines is 1. The normalized spacial score (nSPS) is 14.4. The third-order valence-electron chi connectivity index (χ3n) is 4.59. The summed E-state index contributed by atoms with van der Waals surface area (Å²) in [6.45, 7) is 1.87. The van der Waals surface area contributed by atoms with Crippen LogP contribution >= 0.6 is 0 Å². The zero-order valence-corrected chi connectivity index (χ0v) is 13.9. The molecular weight excluding hydrogens is 316 g/mol. The first-order chi connectivity index (χ1) is 12.2. The van der Waals surface area contributed by atoms with Crippen LogP contribution in [-0.2, 0) is 4.79 Å². The lowest BCUT2D eigenvalue weighted by atomic mass is 10.0. The topological polar surface area (TPSA) is 84.2 Å². The van der Waals surface area contributed by atoms with Crippen molar-refractivity contribution in [3.05, 3.63) is 42.5 Å². The second kappa shape index (κ2) is 6.47. The molecule has 3 N–H and O–H groups in total. The Morgan fingerprint density at radius 2 is 2.04 bits per heavy atom. The van der Waals surface area contributed by atoms with Gasteiger partial charge in [0, 0.05) is 13.0 Å². The van der Waals surface area contributed by atoms with Gasteiger partial charge in [-0.2, -0.15) is 5.10 Å². The highest BCUT2D eigenvalue weighted by Crippen LogP contribution is 2.36. The van der Waals surface area contributed by atoms with E-state index < -0.39 is 0 Å². The van der Waals surface area contributed by atoms with Gasteiger partial charge < -0.3 is 15.4 Å². The molecule has 4 rings (SSSR count). The summed E-state index contributed by atoms with van der Waals surface area (Å²) in [6, 6.07) is 14.0. The van der Waals surface area contributed by atoms with Crippen molar-refractivity contribution < 1.29 is 9.53 Å². The van der Waals surface area contributed by atoms with E-state index in [9.17, 15) is 4.79 Å². The van der Waals surface area contributed by atoms with Crippen LogP contribution in [0.25, 0.3) is 22.0 Å². The van der Waals surface area contributed by atoms with E-state index in [0.717, 1.165) is 35.0 Å². The summed E-state index contributed by atoms with van der Waals surface area (Å²) in [6.07, 6.45) is 1.58. The van der Waals surface area contributed by atoms with Gasteiger partial charge in [0.25, 0.3) is 0 Å². The number of fused-ring (bicyclic) bond motifs is 1. The maximum absolute atomic E-state index is 11.7. The summed E-state index contributed by atoms with van der Waals surface area (Å²) < 4.78 is 5.91. The minimum atomic E-state index is 0.207. The first-order valence-corrected chi connectivity index (χ1v) is 8.46. The summed E-state index contributed by atoms with van der Waals surface area (Å²) in [7, 11) is 0. The van der Waals surface area contributed by atoms with Crippen LogP contribution in [0.2, 0.25) is 0 Å². The quantitative estimate of drug-likeness (QED) is 0.750. The fraction of sp³-hybridized carbons (Fsp3) is 0.263. The van der Waals surface area contributed by atoms with E-state index in [1.807, 2.05) is 47.4 Å². The Morgan fingerprint density at radius 1 is 1.20 bits per heavy atom. The molecule has 1 saturated heterocycles. The van der Waals surface area contributed by atoms with Crippen LogP contribution in [0.15, 0.2) is 42.5 Å². The molecule has 6 nitrogen and oxygen atoms in total. The van der Waals surface area contributed by atoms with Gasteiger partial charge in [-0.15, -0.1) is 0 Å². The zero-order chi connectivity index (χ0) is 17.2. The number of H-pyrrole nitrogens is 1. The first-order valence-electron chi connectivity index (χ1n) is 8.46. The van der Waals surface area contributed by atoms with Gasteiger partial charge in [0.05, 0.1) is 11.9 Å². The Balaban J connectivity index is 1.60. The van der Waals surface area contributed by atoms with Gasteiger partial charge in [-0.1, -0.05) is 30.3 Å². The molecule has 25 heavy (non-hydrogen) atoms. The molecule has 0 radical (unpaired) electrons. The largest absolute Gasteiger partial charge is 0.489 e. The number of nitrogens with two attached hydrogens (primary N) is 1. The third-order valence-corrected chi connectivity index (χ3v) is 4.59. The average Bonchev–Trinajstić information content (AvgIpc) is 3.23. The van der Waals surface area contributed by atoms with E-state index >= 15 is 0 Å². The summed E-state index contributed by atoms with van der Waals surface area (Å²) in [5.41, 5.74) is 8.96. The molecule has 6 heteroatoms. The zero-order valence-electron chi connectivity index (χ0n) is 13.9. The number of aromatic nitrogens is 2. The van der Waals surface area contributed by atoms with E-state index in [1.165, 1.54) is 0 Å². The predicted molar refractivity (Wildman–Crippen MR) is 97.3 cm³/mol. The number of amides is 1. The van der Waals surface area contributed by atoms with Crippen molar-refractivity contribution in [2.75, 3.05) is 25.4 Å². The highest BCUT2D eigenvalue weighted by molar-refractivity contribution is 6.04. The SMILES string of the molecule is Nc1n[nH]c2c(OCCN3CCCC3=O)ccc(-c3ccccc3)c12. The summed E-state index contributed by atoms with van der Waals surface area (Å²) in [5, 5.41) is 7.98. The molecule has 1 aromatic heterocycles.